The van der Waals surface area contributed by atoms with Crippen LogP contribution in [-0.2, 0) is 4.74 Å². The third-order valence-electron chi connectivity index (χ3n) is 2.68. The van der Waals surface area contributed by atoms with Crippen molar-refractivity contribution < 1.29 is 4.74 Å². The maximum Gasteiger partial charge on any atom is 0.164 e. The highest BCUT2D eigenvalue weighted by Crippen LogP contribution is 2.19. The Kier molecular flexibility index (Phi) is 2.38. The van der Waals surface area contributed by atoms with Gasteiger partial charge in [-0.1, -0.05) is 0 Å². The van der Waals surface area contributed by atoms with Crippen molar-refractivity contribution in [3.05, 3.63) is 24.7 Å². The maximum absolute atomic E-state index is 5.32. The van der Waals surface area contributed by atoms with Gasteiger partial charge in [-0.15, -0.1) is 0 Å². The highest BCUT2D eigenvalue weighted by atomic mass is 16.5. The molecule has 1 aliphatic rings. The molecule has 0 saturated carbocycles. The molecule has 82 valence electrons. The van der Waals surface area contributed by atoms with Gasteiger partial charge in [-0.2, -0.15) is 0 Å². The Labute approximate surface area is 92.9 Å². The molecule has 1 N–H and O–H groups in total. The number of ether oxygens (including phenoxy) is 1. The molecule has 1 atom stereocenters. The Morgan fingerprint density at radius 2 is 2.31 bits per heavy atom. The number of nitrogens with one attached hydrogen (secondary N) is 1. The minimum Gasteiger partial charge on any atom is -0.379 e. The largest absolute Gasteiger partial charge is 0.379 e. The zero-order valence-electron chi connectivity index (χ0n) is 8.76. The molecule has 2 aromatic rings. The Morgan fingerprint density at radius 1 is 1.31 bits per heavy atom. The van der Waals surface area contributed by atoms with Crippen LogP contribution in [0.25, 0.3) is 11.0 Å². The first-order chi connectivity index (χ1) is 7.93. The molecular weight excluding hydrogens is 204 g/mol. The lowest BCUT2D eigenvalue weighted by Crippen LogP contribution is -2.20. The van der Waals surface area contributed by atoms with Crippen molar-refractivity contribution in [2.45, 2.75) is 12.5 Å². The second kappa shape index (κ2) is 4.02. The normalized spacial score (nSPS) is 20.1. The summed E-state index contributed by atoms with van der Waals surface area (Å²) in [7, 11) is 0. The quantitative estimate of drug-likeness (QED) is 0.818. The molecule has 5 nitrogen and oxygen atoms in total. The smallest absolute Gasteiger partial charge is 0.164 e. The molecule has 0 amide bonds. The van der Waals surface area contributed by atoms with Gasteiger partial charge in [-0.05, 0) is 18.6 Å². The molecule has 0 aliphatic carbocycles. The molecule has 0 aromatic carbocycles. The molecule has 5 heteroatoms. The van der Waals surface area contributed by atoms with Gasteiger partial charge in [0.15, 0.2) is 5.65 Å². The van der Waals surface area contributed by atoms with Gasteiger partial charge in [-0.3, -0.25) is 0 Å². The molecule has 3 heterocycles. The summed E-state index contributed by atoms with van der Waals surface area (Å²) >= 11 is 0. The number of fused-ring (bicyclic) bond motifs is 1. The summed E-state index contributed by atoms with van der Waals surface area (Å²) < 4.78 is 5.32. The predicted molar refractivity (Wildman–Crippen MR) is 60.2 cm³/mol. The molecule has 1 aliphatic heterocycles. The Hall–Kier alpha value is -1.75. The first-order valence-electron chi connectivity index (χ1n) is 5.33. The predicted octanol–water partition coefficient (Wildman–Crippen LogP) is 1.23. The number of aromatic nitrogens is 3. The van der Waals surface area contributed by atoms with E-state index < -0.39 is 0 Å². The van der Waals surface area contributed by atoms with Gasteiger partial charge in [0.05, 0.1) is 18.0 Å². The van der Waals surface area contributed by atoms with E-state index in [9.17, 15) is 0 Å². The van der Waals surface area contributed by atoms with Crippen LogP contribution in [-0.4, -0.2) is 34.2 Å². The zero-order chi connectivity index (χ0) is 10.8. The summed E-state index contributed by atoms with van der Waals surface area (Å²) in [4.78, 5) is 12.6. The second-order valence-corrected chi connectivity index (χ2v) is 3.80. The number of hydrogen-bond donors (Lipinski definition) is 1. The van der Waals surface area contributed by atoms with E-state index in [0.717, 1.165) is 36.5 Å². The highest BCUT2D eigenvalue weighted by Gasteiger charge is 2.16. The average molecular weight is 216 g/mol. The van der Waals surface area contributed by atoms with Crippen LogP contribution in [0.4, 0.5) is 5.82 Å². The van der Waals surface area contributed by atoms with Gasteiger partial charge in [0.2, 0.25) is 0 Å². The fourth-order valence-corrected chi connectivity index (χ4v) is 1.85. The van der Waals surface area contributed by atoms with Crippen LogP contribution in [0.15, 0.2) is 24.7 Å². The van der Waals surface area contributed by atoms with Crippen LogP contribution in [0.5, 0.6) is 0 Å². The van der Waals surface area contributed by atoms with Crippen LogP contribution in [0.3, 0.4) is 0 Å². The summed E-state index contributed by atoms with van der Waals surface area (Å²) in [6.45, 7) is 1.56. The van der Waals surface area contributed by atoms with Gasteiger partial charge in [0.1, 0.15) is 12.1 Å². The Bertz CT molecular complexity index is 491. The lowest BCUT2D eigenvalue weighted by Gasteiger charge is -2.12. The number of anilines is 1. The van der Waals surface area contributed by atoms with Crippen molar-refractivity contribution >= 4 is 16.9 Å². The topological polar surface area (TPSA) is 59.9 Å². The molecule has 16 heavy (non-hydrogen) atoms. The van der Waals surface area contributed by atoms with Crippen molar-refractivity contribution in [1.29, 1.82) is 0 Å². The van der Waals surface area contributed by atoms with Crippen LogP contribution in [0, 0.1) is 0 Å². The Balaban J connectivity index is 1.96. The second-order valence-electron chi connectivity index (χ2n) is 3.80. The van der Waals surface area contributed by atoms with E-state index in [1.807, 2.05) is 12.1 Å². The summed E-state index contributed by atoms with van der Waals surface area (Å²) in [5.74, 6) is 0.841. The van der Waals surface area contributed by atoms with E-state index in [-0.39, 0.29) is 0 Å². The van der Waals surface area contributed by atoms with Crippen LogP contribution in [0.2, 0.25) is 0 Å². The standard InChI is InChI=1S/C11H12N4O/c1-2-9-10(12-4-1)13-7-14-11(9)15-8-3-5-16-6-8/h1-2,4,7-8H,3,5-6H2,(H,12,13,14,15)/t8-/m0/s1. The van der Waals surface area contributed by atoms with Gasteiger partial charge < -0.3 is 10.1 Å². The number of pyridine rings is 1. The monoisotopic (exact) mass is 216 g/mol. The highest BCUT2D eigenvalue weighted by molar-refractivity contribution is 5.85. The Morgan fingerprint density at radius 3 is 3.19 bits per heavy atom. The van der Waals surface area contributed by atoms with Crippen molar-refractivity contribution in [1.82, 2.24) is 15.0 Å². The molecule has 0 bridgehead atoms. The maximum atomic E-state index is 5.32. The molecule has 0 radical (unpaired) electrons. The van der Waals surface area contributed by atoms with E-state index in [1.165, 1.54) is 6.33 Å². The van der Waals surface area contributed by atoms with E-state index >= 15 is 0 Å². The summed E-state index contributed by atoms with van der Waals surface area (Å²) in [5.41, 5.74) is 0.721. The number of hydrogen-bond acceptors (Lipinski definition) is 5. The summed E-state index contributed by atoms with van der Waals surface area (Å²) in [6.07, 6.45) is 4.29. The van der Waals surface area contributed by atoms with Gasteiger partial charge in [0.25, 0.3) is 0 Å². The first-order valence-corrected chi connectivity index (χ1v) is 5.33. The van der Waals surface area contributed by atoms with Crippen molar-refractivity contribution in [3.63, 3.8) is 0 Å². The minimum absolute atomic E-state index is 0.346. The molecule has 0 spiro atoms. The summed E-state index contributed by atoms with van der Waals surface area (Å²) in [6, 6.07) is 4.21. The molecule has 1 fully saturated rings. The van der Waals surface area contributed by atoms with E-state index in [2.05, 4.69) is 20.3 Å². The third-order valence-corrected chi connectivity index (χ3v) is 2.68. The minimum atomic E-state index is 0.346. The molecular formula is C11H12N4O. The van der Waals surface area contributed by atoms with Crippen LogP contribution >= 0.6 is 0 Å². The van der Waals surface area contributed by atoms with Crippen molar-refractivity contribution in [2.24, 2.45) is 0 Å². The average Bonchev–Trinajstić information content (AvgIpc) is 2.82. The molecule has 2 aromatic heterocycles. The van der Waals surface area contributed by atoms with Crippen LogP contribution < -0.4 is 5.32 Å². The van der Waals surface area contributed by atoms with Gasteiger partial charge in [0, 0.05) is 12.8 Å². The van der Waals surface area contributed by atoms with Gasteiger partial charge in [-0.25, -0.2) is 15.0 Å². The third kappa shape index (κ3) is 1.69. The molecule has 3 rings (SSSR count). The van der Waals surface area contributed by atoms with Crippen molar-refractivity contribution in [2.75, 3.05) is 18.5 Å². The van der Waals surface area contributed by atoms with E-state index in [4.69, 9.17) is 4.74 Å². The van der Waals surface area contributed by atoms with Crippen molar-refractivity contribution in [3.8, 4) is 0 Å². The zero-order valence-corrected chi connectivity index (χ0v) is 8.76. The van der Waals surface area contributed by atoms with Gasteiger partial charge >= 0.3 is 0 Å². The lowest BCUT2D eigenvalue weighted by atomic mass is 10.2. The summed E-state index contributed by atoms with van der Waals surface area (Å²) in [5, 5.41) is 4.32. The first kappa shape index (κ1) is 9.47. The van der Waals surface area contributed by atoms with E-state index in [0.29, 0.717) is 6.04 Å². The lowest BCUT2D eigenvalue weighted by molar-refractivity contribution is 0.195. The molecule has 0 unspecified atom stereocenters. The molecule has 1 saturated heterocycles. The number of nitrogens with zero attached hydrogens (tertiary/aromatic N) is 3. The van der Waals surface area contributed by atoms with E-state index in [1.54, 1.807) is 6.20 Å². The fraction of sp³-hybridized carbons (Fsp3) is 0.364. The van der Waals surface area contributed by atoms with Crippen LogP contribution in [0.1, 0.15) is 6.42 Å². The SMILES string of the molecule is c1cnc2ncnc(N[C@H]3CCOC3)c2c1. The fourth-order valence-electron chi connectivity index (χ4n) is 1.85. The number of rotatable bonds is 2.